The van der Waals surface area contributed by atoms with Gasteiger partial charge in [-0.25, -0.2) is 0 Å². The van der Waals surface area contributed by atoms with E-state index in [0.717, 1.165) is 0 Å². The van der Waals surface area contributed by atoms with Crippen LogP contribution in [0.4, 0.5) is 5.69 Å². The molecule has 0 fully saturated rings. The Labute approximate surface area is 163 Å². The molecule has 1 atom stereocenters. The number of halogens is 1. The number of hydrogen-bond acceptors (Lipinski definition) is 5. The van der Waals surface area contributed by atoms with Crippen molar-refractivity contribution in [3.63, 3.8) is 0 Å². The number of amides is 2. The molecule has 0 aliphatic rings. The van der Waals surface area contributed by atoms with E-state index in [1.54, 1.807) is 36.4 Å². The predicted octanol–water partition coefficient (Wildman–Crippen LogP) is 2.90. The molecule has 2 aromatic rings. The van der Waals surface area contributed by atoms with Crippen LogP contribution in [0.1, 0.15) is 23.5 Å². The molecule has 1 aromatic carbocycles. The van der Waals surface area contributed by atoms with Crippen molar-refractivity contribution in [3.8, 4) is 5.75 Å². The zero-order valence-electron chi connectivity index (χ0n) is 14.7. The first-order valence-corrected chi connectivity index (χ1v) is 8.97. The van der Waals surface area contributed by atoms with Crippen molar-refractivity contribution in [1.82, 2.24) is 5.32 Å². The number of benzene rings is 1. The van der Waals surface area contributed by atoms with E-state index in [0.29, 0.717) is 29.5 Å². The van der Waals surface area contributed by atoms with Crippen LogP contribution in [-0.2, 0) is 4.79 Å². The normalized spacial score (nSPS) is 11.4. The number of nitrogens with two attached hydrogens (primary N) is 1. The number of ether oxygens (including phenoxy) is 1. The number of hydrogen-bond donors (Lipinski definition) is 3. The number of carbonyl (C=O) groups excluding carboxylic acids is 2. The largest absolute Gasteiger partial charge is 0.492 e. The van der Waals surface area contributed by atoms with Gasteiger partial charge in [0.25, 0.3) is 5.91 Å². The fourth-order valence-electron chi connectivity index (χ4n) is 2.19. The molecule has 0 saturated heterocycles. The van der Waals surface area contributed by atoms with Crippen LogP contribution in [0.2, 0.25) is 0 Å². The van der Waals surface area contributed by atoms with Crippen LogP contribution in [0.3, 0.4) is 0 Å². The third-order valence-electron chi connectivity index (χ3n) is 3.49. The van der Waals surface area contributed by atoms with Gasteiger partial charge in [0.05, 0.1) is 4.88 Å². The zero-order chi connectivity index (χ0) is 18.2. The number of nitrogens with one attached hydrogen (secondary N) is 2. The summed E-state index contributed by atoms with van der Waals surface area (Å²) < 4.78 is 5.40. The van der Waals surface area contributed by atoms with Gasteiger partial charge in [0.1, 0.15) is 18.4 Å². The van der Waals surface area contributed by atoms with E-state index >= 15 is 0 Å². The number of anilines is 1. The van der Waals surface area contributed by atoms with Gasteiger partial charge in [-0.05, 0) is 41.6 Å². The third kappa shape index (κ3) is 6.33. The zero-order valence-corrected chi connectivity index (χ0v) is 16.4. The Hall–Kier alpha value is -2.09. The molecule has 142 valence electrons. The van der Waals surface area contributed by atoms with E-state index in [2.05, 4.69) is 10.6 Å². The Morgan fingerprint density at radius 3 is 2.42 bits per heavy atom. The lowest BCUT2D eigenvalue weighted by molar-refractivity contribution is -0.118. The van der Waals surface area contributed by atoms with Crippen molar-refractivity contribution >= 4 is 41.2 Å². The van der Waals surface area contributed by atoms with Crippen LogP contribution in [-0.4, -0.2) is 31.0 Å². The molecule has 0 aliphatic carbocycles. The van der Waals surface area contributed by atoms with E-state index in [9.17, 15) is 9.59 Å². The third-order valence-corrected chi connectivity index (χ3v) is 4.36. The molecule has 0 saturated carbocycles. The minimum atomic E-state index is -0.622. The van der Waals surface area contributed by atoms with Gasteiger partial charge >= 0.3 is 0 Å². The second kappa shape index (κ2) is 10.8. The minimum Gasteiger partial charge on any atom is -0.492 e. The first-order valence-electron chi connectivity index (χ1n) is 8.09. The van der Waals surface area contributed by atoms with E-state index in [4.69, 9.17) is 10.5 Å². The first kappa shape index (κ1) is 22.0. The number of carbonyl (C=O) groups is 2. The van der Waals surface area contributed by atoms with Crippen molar-refractivity contribution in [2.45, 2.75) is 19.9 Å². The lowest BCUT2D eigenvalue weighted by Crippen LogP contribution is -2.46. The van der Waals surface area contributed by atoms with Crippen molar-refractivity contribution in [3.05, 3.63) is 46.7 Å². The summed E-state index contributed by atoms with van der Waals surface area (Å²) in [6, 6.07) is 9.94. The first-order chi connectivity index (χ1) is 12.0. The highest BCUT2D eigenvalue weighted by Crippen LogP contribution is 2.17. The fraction of sp³-hybridized carbons (Fsp3) is 0.333. The van der Waals surface area contributed by atoms with Crippen LogP contribution >= 0.6 is 23.7 Å². The summed E-state index contributed by atoms with van der Waals surface area (Å²) in [7, 11) is 0. The van der Waals surface area contributed by atoms with Gasteiger partial charge in [0, 0.05) is 12.2 Å². The average molecular weight is 398 g/mol. The molecule has 0 radical (unpaired) electrons. The van der Waals surface area contributed by atoms with Crippen LogP contribution in [0.15, 0.2) is 41.8 Å². The van der Waals surface area contributed by atoms with E-state index in [1.165, 1.54) is 11.3 Å². The summed E-state index contributed by atoms with van der Waals surface area (Å²) >= 11 is 1.34. The van der Waals surface area contributed by atoms with E-state index in [-0.39, 0.29) is 30.1 Å². The Morgan fingerprint density at radius 1 is 1.19 bits per heavy atom. The second-order valence-corrected chi connectivity index (χ2v) is 6.77. The molecule has 1 heterocycles. The van der Waals surface area contributed by atoms with Gasteiger partial charge in [-0.2, -0.15) is 0 Å². The summed E-state index contributed by atoms with van der Waals surface area (Å²) in [4.78, 5) is 25.3. The topological polar surface area (TPSA) is 93.5 Å². The highest BCUT2D eigenvalue weighted by atomic mass is 35.5. The van der Waals surface area contributed by atoms with Crippen molar-refractivity contribution < 1.29 is 14.3 Å². The second-order valence-electron chi connectivity index (χ2n) is 5.82. The molecule has 4 N–H and O–H groups in total. The predicted molar refractivity (Wildman–Crippen MR) is 107 cm³/mol. The van der Waals surface area contributed by atoms with Crippen molar-refractivity contribution in [2.24, 2.45) is 11.7 Å². The SMILES string of the molecule is CC(C)C(NC(=O)c1cccs1)C(=O)Nc1ccc(OCCN)cc1.Cl. The molecule has 2 amide bonds. The van der Waals surface area contributed by atoms with Gasteiger partial charge in [-0.3, -0.25) is 9.59 Å². The molecule has 6 nitrogen and oxygen atoms in total. The Kier molecular flexibility index (Phi) is 9.12. The summed E-state index contributed by atoms with van der Waals surface area (Å²) in [6.45, 7) is 4.67. The van der Waals surface area contributed by atoms with Crippen LogP contribution in [0, 0.1) is 5.92 Å². The van der Waals surface area contributed by atoms with Gasteiger partial charge in [-0.15, -0.1) is 23.7 Å². The summed E-state index contributed by atoms with van der Waals surface area (Å²) in [5.74, 6) is 0.149. The molecular weight excluding hydrogens is 374 g/mol. The van der Waals surface area contributed by atoms with Crippen molar-refractivity contribution in [2.75, 3.05) is 18.5 Å². The average Bonchev–Trinajstić information content (AvgIpc) is 3.13. The van der Waals surface area contributed by atoms with E-state index < -0.39 is 6.04 Å². The monoisotopic (exact) mass is 397 g/mol. The Morgan fingerprint density at radius 2 is 1.88 bits per heavy atom. The highest BCUT2D eigenvalue weighted by Gasteiger charge is 2.25. The smallest absolute Gasteiger partial charge is 0.262 e. The lowest BCUT2D eigenvalue weighted by Gasteiger charge is -2.21. The van der Waals surface area contributed by atoms with Gasteiger partial charge in [0.15, 0.2) is 0 Å². The van der Waals surface area contributed by atoms with Crippen LogP contribution in [0.25, 0.3) is 0 Å². The van der Waals surface area contributed by atoms with Crippen LogP contribution < -0.4 is 21.1 Å². The fourth-order valence-corrected chi connectivity index (χ4v) is 2.81. The van der Waals surface area contributed by atoms with Crippen molar-refractivity contribution in [1.29, 1.82) is 0 Å². The molecule has 0 bridgehead atoms. The molecule has 0 aliphatic heterocycles. The maximum Gasteiger partial charge on any atom is 0.262 e. The molecular formula is C18H24ClN3O3S. The van der Waals surface area contributed by atoms with Crippen LogP contribution in [0.5, 0.6) is 5.75 Å². The molecule has 1 unspecified atom stereocenters. The quantitative estimate of drug-likeness (QED) is 0.638. The number of thiophene rings is 1. The highest BCUT2D eigenvalue weighted by molar-refractivity contribution is 7.12. The summed E-state index contributed by atoms with van der Waals surface area (Å²) in [5.41, 5.74) is 6.03. The minimum absolute atomic E-state index is 0. The maximum absolute atomic E-state index is 12.5. The maximum atomic E-state index is 12.5. The molecule has 26 heavy (non-hydrogen) atoms. The standard InChI is InChI=1S/C18H23N3O3S.ClH/c1-12(2)16(21-17(22)15-4-3-11-25-15)18(23)20-13-5-7-14(8-6-13)24-10-9-19;/h3-8,11-12,16H,9-10,19H2,1-2H3,(H,20,23)(H,21,22);1H. The number of rotatable bonds is 8. The Balaban J connectivity index is 0.00000338. The van der Waals surface area contributed by atoms with Gasteiger partial charge < -0.3 is 21.1 Å². The molecule has 2 rings (SSSR count). The summed E-state index contributed by atoms with van der Waals surface area (Å²) in [5, 5.41) is 7.45. The molecule has 0 spiro atoms. The van der Waals surface area contributed by atoms with Gasteiger partial charge in [0.2, 0.25) is 5.91 Å². The Bertz CT molecular complexity index is 690. The summed E-state index contributed by atoms with van der Waals surface area (Å²) in [6.07, 6.45) is 0. The molecule has 8 heteroatoms. The van der Waals surface area contributed by atoms with E-state index in [1.807, 2.05) is 19.2 Å². The lowest BCUT2D eigenvalue weighted by atomic mass is 10.0. The van der Waals surface area contributed by atoms with Gasteiger partial charge in [-0.1, -0.05) is 19.9 Å². The molecule has 1 aromatic heterocycles.